The number of halogens is 2. The molecule has 0 bridgehead atoms. The average molecular weight is 636 g/mol. The van der Waals surface area contributed by atoms with E-state index in [1.54, 1.807) is 25.1 Å². The van der Waals surface area contributed by atoms with Crippen molar-refractivity contribution in [1.82, 2.24) is 26.6 Å². The van der Waals surface area contributed by atoms with E-state index in [9.17, 15) is 28.0 Å². The summed E-state index contributed by atoms with van der Waals surface area (Å²) in [6, 6.07) is 17.7. The summed E-state index contributed by atoms with van der Waals surface area (Å²) in [6.45, 7) is 8.14. The Morgan fingerprint density at radius 2 is 1.41 bits per heavy atom. The Morgan fingerprint density at radius 3 is 2.07 bits per heavy atom. The zero-order chi connectivity index (χ0) is 33.6. The van der Waals surface area contributed by atoms with Crippen LogP contribution >= 0.6 is 0 Å². The lowest BCUT2D eigenvalue weighted by Gasteiger charge is -2.25. The molecule has 11 heteroatoms. The van der Waals surface area contributed by atoms with Crippen molar-refractivity contribution in [3.63, 3.8) is 0 Å². The van der Waals surface area contributed by atoms with Crippen LogP contribution in [-0.2, 0) is 22.4 Å². The van der Waals surface area contributed by atoms with Crippen molar-refractivity contribution in [1.29, 1.82) is 0 Å². The quantitative estimate of drug-likeness (QED) is 0.165. The van der Waals surface area contributed by atoms with E-state index in [0.717, 1.165) is 17.7 Å². The molecule has 0 spiro atoms. The maximum atomic E-state index is 13.5. The highest BCUT2D eigenvalue weighted by atomic mass is 19.2. The highest BCUT2D eigenvalue weighted by molar-refractivity contribution is 5.99. The molecule has 46 heavy (non-hydrogen) atoms. The van der Waals surface area contributed by atoms with Crippen LogP contribution in [0.15, 0.2) is 72.8 Å². The molecule has 5 N–H and O–H groups in total. The average Bonchev–Trinajstić information content (AvgIpc) is 3.04. The molecule has 0 aromatic heterocycles. The van der Waals surface area contributed by atoms with E-state index in [4.69, 9.17) is 0 Å². The third kappa shape index (κ3) is 11.1. The molecule has 0 saturated carbocycles. The maximum Gasteiger partial charge on any atom is 0.251 e. The second-order valence-corrected chi connectivity index (χ2v) is 11.5. The van der Waals surface area contributed by atoms with Gasteiger partial charge in [-0.2, -0.15) is 0 Å². The van der Waals surface area contributed by atoms with E-state index in [2.05, 4.69) is 26.6 Å². The van der Waals surface area contributed by atoms with E-state index in [-0.39, 0.29) is 41.9 Å². The lowest BCUT2D eigenvalue weighted by Crippen LogP contribution is -2.55. The molecule has 0 radical (unpaired) electrons. The minimum atomic E-state index is -0.947. The van der Waals surface area contributed by atoms with Crippen LogP contribution in [0.3, 0.4) is 0 Å². The summed E-state index contributed by atoms with van der Waals surface area (Å²) in [5.74, 6) is -3.37. The number of likely N-dealkylation sites (N-methyl/N-ethyl adjacent to an activating group) is 1. The van der Waals surface area contributed by atoms with E-state index in [0.29, 0.717) is 24.9 Å². The minimum absolute atomic E-state index is 0.106. The molecule has 0 aliphatic heterocycles. The number of hydrogen-bond donors (Lipinski definition) is 5. The van der Waals surface area contributed by atoms with Gasteiger partial charge in [0.15, 0.2) is 11.6 Å². The van der Waals surface area contributed by atoms with Crippen molar-refractivity contribution in [2.45, 2.75) is 58.7 Å². The fourth-order valence-electron chi connectivity index (χ4n) is 4.77. The number of carbonyl (C=O) groups is 4. The smallest absolute Gasteiger partial charge is 0.251 e. The van der Waals surface area contributed by atoms with Gasteiger partial charge in [0, 0.05) is 36.8 Å². The van der Waals surface area contributed by atoms with Gasteiger partial charge in [0.2, 0.25) is 11.8 Å². The topological polar surface area (TPSA) is 128 Å². The Bertz CT molecular complexity index is 1480. The van der Waals surface area contributed by atoms with Crippen molar-refractivity contribution in [2.75, 3.05) is 19.6 Å². The molecule has 0 fully saturated rings. The van der Waals surface area contributed by atoms with E-state index >= 15 is 0 Å². The van der Waals surface area contributed by atoms with Gasteiger partial charge in [0.25, 0.3) is 11.8 Å². The van der Waals surface area contributed by atoms with Crippen LogP contribution in [0, 0.1) is 17.6 Å². The molecule has 0 unspecified atom stereocenters. The molecule has 4 amide bonds. The first-order valence-corrected chi connectivity index (χ1v) is 15.5. The summed E-state index contributed by atoms with van der Waals surface area (Å²) in [7, 11) is 0. The number of amides is 4. The highest BCUT2D eigenvalue weighted by Gasteiger charge is 2.26. The molecule has 0 aliphatic carbocycles. The summed E-state index contributed by atoms with van der Waals surface area (Å²) in [5.41, 5.74) is 2.07. The van der Waals surface area contributed by atoms with Gasteiger partial charge in [0.1, 0.15) is 6.04 Å². The molecule has 3 rings (SSSR count). The SMILES string of the molecule is CCNC(=O)[C@@H](NC(=O)[C@H](C)NC[C@H](Cc1ccccc1)NC(=O)c1cccc(C(=O)NCCc2ccc(F)c(F)c2)c1)C(C)C. The standard InChI is InChI=1S/C35H43F2N5O4/c1-5-38-35(46)31(22(2)3)42-32(43)23(4)40-21-28(18-24-10-7-6-8-11-24)41-34(45)27-13-9-12-26(20-27)33(44)39-17-16-25-14-15-29(36)30(37)19-25/h6-15,19-20,22-23,28,31,40H,5,16-18,21H2,1-4H3,(H,38,46)(H,39,44)(H,41,45)(H,42,43)/t23-,28-,31-/m0/s1. The Balaban J connectivity index is 1.63. The monoisotopic (exact) mass is 635 g/mol. The van der Waals surface area contributed by atoms with Gasteiger partial charge in [-0.1, -0.05) is 56.3 Å². The minimum Gasteiger partial charge on any atom is -0.355 e. The lowest BCUT2D eigenvalue weighted by molar-refractivity contribution is -0.130. The highest BCUT2D eigenvalue weighted by Crippen LogP contribution is 2.11. The molecule has 3 aromatic carbocycles. The largest absolute Gasteiger partial charge is 0.355 e. The van der Waals surface area contributed by atoms with Gasteiger partial charge in [-0.25, -0.2) is 8.78 Å². The molecule has 3 aromatic rings. The first-order valence-electron chi connectivity index (χ1n) is 15.5. The number of rotatable bonds is 16. The van der Waals surface area contributed by atoms with Crippen LogP contribution in [0.1, 0.15) is 59.5 Å². The normalized spacial score (nSPS) is 12.9. The van der Waals surface area contributed by atoms with Crippen molar-refractivity contribution >= 4 is 23.6 Å². The molecular weight excluding hydrogens is 592 g/mol. The Labute approximate surface area is 268 Å². The van der Waals surface area contributed by atoms with Gasteiger partial charge >= 0.3 is 0 Å². The lowest BCUT2D eigenvalue weighted by atomic mass is 10.0. The third-order valence-corrected chi connectivity index (χ3v) is 7.39. The fourth-order valence-corrected chi connectivity index (χ4v) is 4.77. The number of hydrogen-bond acceptors (Lipinski definition) is 5. The predicted octanol–water partition coefficient (Wildman–Crippen LogP) is 3.53. The van der Waals surface area contributed by atoms with Crippen LogP contribution in [-0.4, -0.2) is 61.4 Å². The van der Waals surface area contributed by atoms with Crippen LogP contribution in [0.4, 0.5) is 8.78 Å². The summed E-state index contributed by atoms with van der Waals surface area (Å²) in [4.78, 5) is 51.5. The molecule has 0 heterocycles. The summed E-state index contributed by atoms with van der Waals surface area (Å²) in [5, 5.41) is 14.5. The number of benzene rings is 3. The first-order chi connectivity index (χ1) is 22.0. The van der Waals surface area contributed by atoms with Crippen LogP contribution < -0.4 is 26.6 Å². The van der Waals surface area contributed by atoms with Crippen LogP contribution in [0.2, 0.25) is 0 Å². The van der Waals surface area contributed by atoms with Crippen LogP contribution in [0.5, 0.6) is 0 Å². The Hall–Kier alpha value is -4.64. The predicted molar refractivity (Wildman–Crippen MR) is 173 cm³/mol. The van der Waals surface area contributed by atoms with E-state index in [1.165, 1.54) is 12.1 Å². The van der Waals surface area contributed by atoms with Gasteiger partial charge in [-0.3, -0.25) is 19.2 Å². The molecular formula is C35H43F2N5O4. The Kier molecular flexibility index (Phi) is 13.8. The molecule has 3 atom stereocenters. The van der Waals surface area contributed by atoms with Crippen molar-refractivity contribution in [3.05, 3.63) is 107 Å². The van der Waals surface area contributed by atoms with Crippen LogP contribution in [0.25, 0.3) is 0 Å². The maximum absolute atomic E-state index is 13.5. The first kappa shape index (κ1) is 35.8. The zero-order valence-electron chi connectivity index (χ0n) is 26.7. The second-order valence-electron chi connectivity index (χ2n) is 11.5. The molecule has 9 nitrogen and oxygen atoms in total. The fraction of sp³-hybridized carbons (Fsp3) is 0.371. The number of carbonyl (C=O) groups excluding carboxylic acids is 4. The van der Waals surface area contributed by atoms with Crippen molar-refractivity contribution in [2.24, 2.45) is 5.92 Å². The summed E-state index contributed by atoms with van der Waals surface area (Å²) in [6.07, 6.45) is 0.781. The van der Waals surface area contributed by atoms with Gasteiger partial charge in [0.05, 0.1) is 6.04 Å². The second kappa shape index (κ2) is 17.7. The van der Waals surface area contributed by atoms with Gasteiger partial charge in [-0.05, 0) is 74.1 Å². The van der Waals surface area contributed by atoms with Crippen molar-refractivity contribution in [3.8, 4) is 0 Å². The number of nitrogens with one attached hydrogen (secondary N) is 5. The summed E-state index contributed by atoms with van der Waals surface area (Å²) < 4.78 is 26.6. The van der Waals surface area contributed by atoms with E-state index in [1.807, 2.05) is 51.1 Å². The molecule has 246 valence electrons. The van der Waals surface area contributed by atoms with Gasteiger partial charge in [-0.15, -0.1) is 0 Å². The zero-order valence-corrected chi connectivity index (χ0v) is 26.7. The summed E-state index contributed by atoms with van der Waals surface area (Å²) >= 11 is 0. The third-order valence-electron chi connectivity index (χ3n) is 7.39. The Morgan fingerprint density at radius 1 is 0.717 bits per heavy atom. The van der Waals surface area contributed by atoms with Gasteiger partial charge < -0.3 is 26.6 Å². The van der Waals surface area contributed by atoms with E-state index < -0.39 is 41.6 Å². The van der Waals surface area contributed by atoms with Crippen molar-refractivity contribution < 1.29 is 28.0 Å². The molecule has 0 saturated heterocycles. The molecule has 0 aliphatic rings.